The number of morpholine rings is 1. The normalized spacial score (nSPS) is 18.5. The van der Waals surface area contributed by atoms with Crippen molar-refractivity contribution in [2.45, 2.75) is 19.9 Å². The second kappa shape index (κ2) is 7.34. The Hall–Kier alpha value is -1.89. The molecule has 6 nitrogen and oxygen atoms in total. The van der Waals surface area contributed by atoms with Gasteiger partial charge in [0.05, 0.1) is 42.2 Å². The highest BCUT2D eigenvalue weighted by molar-refractivity contribution is 6.33. The number of benzene rings is 1. The van der Waals surface area contributed by atoms with Crippen LogP contribution < -0.4 is 5.32 Å². The van der Waals surface area contributed by atoms with Crippen LogP contribution in [0.1, 0.15) is 23.0 Å². The second-order valence-corrected chi connectivity index (χ2v) is 6.34. The maximum absolute atomic E-state index is 12.4. The van der Waals surface area contributed by atoms with Gasteiger partial charge in [0.15, 0.2) is 0 Å². The molecule has 1 amide bonds. The van der Waals surface area contributed by atoms with Crippen LogP contribution in [0.2, 0.25) is 5.02 Å². The first kappa shape index (κ1) is 17.0. The minimum atomic E-state index is -0.0891. The van der Waals surface area contributed by atoms with E-state index in [4.69, 9.17) is 16.3 Å². The van der Waals surface area contributed by atoms with E-state index in [1.807, 2.05) is 26.0 Å². The minimum absolute atomic E-state index is 0.0227. The Labute approximate surface area is 146 Å². The van der Waals surface area contributed by atoms with Crippen molar-refractivity contribution in [3.05, 3.63) is 46.2 Å². The SMILES string of the molecule is Cc1n[nH]c(C)c1[C@@H]1COCCN1CC(=O)Nc1ccccc1Cl. The summed E-state index contributed by atoms with van der Waals surface area (Å²) in [5.74, 6) is -0.0891. The molecule has 0 unspecified atom stereocenters. The van der Waals surface area contributed by atoms with Gasteiger partial charge in [0.1, 0.15) is 0 Å². The zero-order valence-corrected chi connectivity index (χ0v) is 14.6. The van der Waals surface area contributed by atoms with E-state index in [2.05, 4.69) is 20.4 Å². The third kappa shape index (κ3) is 3.61. The monoisotopic (exact) mass is 348 g/mol. The van der Waals surface area contributed by atoms with Crippen LogP contribution in [-0.2, 0) is 9.53 Å². The fourth-order valence-electron chi connectivity index (χ4n) is 3.08. The number of para-hydroxylation sites is 1. The molecular formula is C17H21ClN4O2. The van der Waals surface area contributed by atoms with Gasteiger partial charge in [-0.15, -0.1) is 0 Å². The van der Waals surface area contributed by atoms with Crippen molar-refractivity contribution in [2.24, 2.45) is 0 Å². The third-order valence-corrected chi connectivity index (χ3v) is 4.58. The molecule has 2 N–H and O–H groups in total. The Bertz CT molecular complexity index is 712. The van der Waals surface area contributed by atoms with Crippen molar-refractivity contribution in [1.82, 2.24) is 15.1 Å². The Morgan fingerprint density at radius 2 is 2.25 bits per heavy atom. The van der Waals surface area contributed by atoms with E-state index in [0.29, 0.717) is 30.5 Å². The van der Waals surface area contributed by atoms with E-state index in [1.165, 1.54) is 0 Å². The molecule has 1 aromatic heterocycles. The van der Waals surface area contributed by atoms with Crippen molar-refractivity contribution in [2.75, 3.05) is 31.6 Å². The van der Waals surface area contributed by atoms with Crippen molar-refractivity contribution in [3.8, 4) is 0 Å². The number of H-pyrrole nitrogens is 1. The molecule has 24 heavy (non-hydrogen) atoms. The topological polar surface area (TPSA) is 70.2 Å². The molecule has 1 atom stereocenters. The van der Waals surface area contributed by atoms with Crippen LogP contribution in [0.3, 0.4) is 0 Å². The number of anilines is 1. The molecule has 0 spiro atoms. The predicted molar refractivity (Wildman–Crippen MR) is 93.3 cm³/mol. The number of hydrogen-bond donors (Lipinski definition) is 2. The summed E-state index contributed by atoms with van der Waals surface area (Å²) in [7, 11) is 0. The van der Waals surface area contributed by atoms with Crippen LogP contribution in [0.4, 0.5) is 5.69 Å². The van der Waals surface area contributed by atoms with Gasteiger partial charge in [0.2, 0.25) is 5.91 Å². The molecule has 0 saturated carbocycles. The molecule has 2 aromatic rings. The molecule has 1 aromatic carbocycles. The highest BCUT2D eigenvalue weighted by Gasteiger charge is 2.29. The van der Waals surface area contributed by atoms with Crippen LogP contribution >= 0.6 is 11.6 Å². The van der Waals surface area contributed by atoms with Crippen LogP contribution in [0.5, 0.6) is 0 Å². The standard InChI is InChI=1S/C17H21ClN4O2/c1-11-17(12(2)21-20-11)15-10-24-8-7-22(15)9-16(23)19-14-6-4-3-5-13(14)18/h3-6,15H,7-10H2,1-2H3,(H,19,23)(H,20,21)/t15-/m0/s1. The Balaban J connectivity index is 1.72. The van der Waals surface area contributed by atoms with Crippen LogP contribution in [0.15, 0.2) is 24.3 Å². The summed E-state index contributed by atoms with van der Waals surface area (Å²) >= 11 is 6.10. The fraction of sp³-hybridized carbons (Fsp3) is 0.412. The van der Waals surface area contributed by atoms with Crippen LogP contribution in [-0.4, -0.2) is 47.3 Å². The van der Waals surface area contributed by atoms with E-state index in [1.54, 1.807) is 12.1 Å². The van der Waals surface area contributed by atoms with Gasteiger partial charge in [-0.1, -0.05) is 23.7 Å². The van der Waals surface area contributed by atoms with Crippen molar-refractivity contribution in [3.63, 3.8) is 0 Å². The van der Waals surface area contributed by atoms with Crippen LogP contribution in [0.25, 0.3) is 0 Å². The molecular weight excluding hydrogens is 328 g/mol. The van der Waals surface area contributed by atoms with Crippen molar-refractivity contribution < 1.29 is 9.53 Å². The first-order chi connectivity index (χ1) is 11.6. The maximum atomic E-state index is 12.4. The molecule has 0 aliphatic carbocycles. The van der Waals surface area contributed by atoms with Crippen molar-refractivity contribution >= 4 is 23.2 Å². The average Bonchev–Trinajstić information content (AvgIpc) is 2.89. The van der Waals surface area contributed by atoms with Gasteiger partial charge in [-0.25, -0.2) is 0 Å². The number of nitrogens with zero attached hydrogens (tertiary/aromatic N) is 2. The van der Waals surface area contributed by atoms with Crippen molar-refractivity contribution in [1.29, 1.82) is 0 Å². The number of aryl methyl sites for hydroxylation is 2. The lowest BCUT2D eigenvalue weighted by Gasteiger charge is -2.35. The number of amides is 1. The van der Waals surface area contributed by atoms with Gasteiger partial charge >= 0.3 is 0 Å². The van der Waals surface area contributed by atoms with Gasteiger partial charge in [-0.05, 0) is 26.0 Å². The summed E-state index contributed by atoms with van der Waals surface area (Å²) in [6.45, 7) is 6.11. The second-order valence-electron chi connectivity index (χ2n) is 5.94. The van der Waals surface area contributed by atoms with Gasteiger partial charge in [0.25, 0.3) is 0 Å². The number of hydrogen-bond acceptors (Lipinski definition) is 4. The summed E-state index contributed by atoms with van der Waals surface area (Å²) in [4.78, 5) is 14.6. The molecule has 7 heteroatoms. The molecule has 2 heterocycles. The third-order valence-electron chi connectivity index (χ3n) is 4.25. The van der Waals surface area contributed by atoms with E-state index < -0.39 is 0 Å². The smallest absolute Gasteiger partial charge is 0.238 e. The number of rotatable bonds is 4. The fourth-order valence-corrected chi connectivity index (χ4v) is 3.26. The molecule has 128 valence electrons. The number of halogens is 1. The van der Waals surface area contributed by atoms with E-state index in [9.17, 15) is 4.79 Å². The first-order valence-electron chi connectivity index (χ1n) is 7.94. The molecule has 0 bridgehead atoms. The lowest BCUT2D eigenvalue weighted by molar-refractivity contribution is -0.119. The molecule has 0 radical (unpaired) electrons. The number of aromatic amines is 1. The van der Waals surface area contributed by atoms with Gasteiger partial charge in [-0.2, -0.15) is 5.10 Å². The van der Waals surface area contributed by atoms with E-state index in [-0.39, 0.29) is 18.5 Å². The number of carbonyl (C=O) groups is 1. The summed E-state index contributed by atoms with van der Waals surface area (Å²) in [5, 5.41) is 10.7. The van der Waals surface area contributed by atoms with Gasteiger partial charge in [0, 0.05) is 17.8 Å². The highest BCUT2D eigenvalue weighted by Crippen LogP contribution is 2.28. The molecule has 1 saturated heterocycles. The van der Waals surface area contributed by atoms with Gasteiger partial charge < -0.3 is 10.1 Å². The van der Waals surface area contributed by atoms with Crippen LogP contribution in [0, 0.1) is 13.8 Å². The number of aromatic nitrogens is 2. The summed E-state index contributed by atoms with van der Waals surface area (Å²) < 4.78 is 5.63. The lowest BCUT2D eigenvalue weighted by atomic mass is 10.0. The maximum Gasteiger partial charge on any atom is 0.238 e. The Morgan fingerprint density at radius 3 is 2.96 bits per heavy atom. The number of ether oxygens (including phenoxy) is 1. The average molecular weight is 349 g/mol. The van der Waals surface area contributed by atoms with E-state index >= 15 is 0 Å². The lowest BCUT2D eigenvalue weighted by Crippen LogP contribution is -2.44. The highest BCUT2D eigenvalue weighted by atomic mass is 35.5. The Morgan fingerprint density at radius 1 is 1.46 bits per heavy atom. The molecule has 1 aliphatic rings. The summed E-state index contributed by atoms with van der Waals surface area (Å²) in [6, 6.07) is 7.25. The number of carbonyl (C=O) groups excluding carboxylic acids is 1. The predicted octanol–water partition coefficient (Wildman–Crippen LogP) is 2.69. The molecule has 1 aliphatic heterocycles. The largest absolute Gasteiger partial charge is 0.378 e. The molecule has 1 fully saturated rings. The summed E-state index contributed by atoms with van der Waals surface area (Å²) in [6.07, 6.45) is 0. The quantitative estimate of drug-likeness (QED) is 0.891. The zero-order valence-electron chi connectivity index (χ0n) is 13.8. The van der Waals surface area contributed by atoms with Gasteiger partial charge in [-0.3, -0.25) is 14.8 Å². The zero-order chi connectivity index (χ0) is 17.1. The van der Waals surface area contributed by atoms with E-state index in [0.717, 1.165) is 17.0 Å². The summed E-state index contributed by atoms with van der Waals surface area (Å²) in [5.41, 5.74) is 3.70. The minimum Gasteiger partial charge on any atom is -0.378 e. The number of nitrogens with one attached hydrogen (secondary N) is 2. The molecule has 3 rings (SSSR count). The Kier molecular flexibility index (Phi) is 5.18. The first-order valence-corrected chi connectivity index (χ1v) is 8.31.